The van der Waals surface area contributed by atoms with Crippen LogP contribution in [-0.2, 0) is 4.79 Å². The van der Waals surface area contributed by atoms with Crippen LogP contribution in [0.15, 0.2) is 17.7 Å². The van der Waals surface area contributed by atoms with Crippen LogP contribution < -0.4 is 5.32 Å². The number of aromatic nitrogens is 2. The van der Waals surface area contributed by atoms with E-state index in [1.807, 2.05) is 29.8 Å². The van der Waals surface area contributed by atoms with Crippen LogP contribution in [0.25, 0.3) is 11.0 Å². The van der Waals surface area contributed by atoms with E-state index in [0.717, 1.165) is 10.7 Å². The average Bonchev–Trinajstić information content (AvgIpc) is 2.84. The summed E-state index contributed by atoms with van der Waals surface area (Å²) < 4.78 is 1.86. The minimum absolute atomic E-state index is 0.120. The molecule has 0 spiro atoms. The molecule has 2 rings (SSSR count). The summed E-state index contributed by atoms with van der Waals surface area (Å²) in [6.45, 7) is 4.76. The molecule has 0 saturated heterocycles. The van der Waals surface area contributed by atoms with Crippen molar-refractivity contribution in [3.63, 3.8) is 0 Å². The summed E-state index contributed by atoms with van der Waals surface area (Å²) in [5.41, 5.74) is 0.729. The maximum atomic E-state index is 11.6. The van der Waals surface area contributed by atoms with E-state index in [4.69, 9.17) is 11.6 Å². The normalized spacial score (nSPS) is 11.8. The number of hydrogen-bond acceptors (Lipinski definition) is 3. The molecule has 0 bridgehead atoms. The van der Waals surface area contributed by atoms with E-state index in [1.165, 1.54) is 17.4 Å². The predicted molar refractivity (Wildman–Crippen MR) is 75.0 cm³/mol. The van der Waals surface area contributed by atoms with Gasteiger partial charge in [0.25, 0.3) is 0 Å². The SMILES string of the molecule is CC(C)CNC(=O)C=Cc1c(Cl)nc2sccn12. The number of rotatable bonds is 4. The van der Waals surface area contributed by atoms with E-state index in [2.05, 4.69) is 10.3 Å². The Hall–Kier alpha value is -1.33. The highest BCUT2D eigenvalue weighted by Crippen LogP contribution is 2.22. The summed E-state index contributed by atoms with van der Waals surface area (Å²) in [5.74, 6) is 0.314. The Morgan fingerprint density at radius 2 is 2.44 bits per heavy atom. The lowest BCUT2D eigenvalue weighted by molar-refractivity contribution is -0.116. The summed E-state index contributed by atoms with van der Waals surface area (Å²) >= 11 is 7.52. The number of fused-ring (bicyclic) bond motifs is 1. The number of nitrogens with zero attached hydrogens (tertiary/aromatic N) is 2. The van der Waals surface area contributed by atoms with Gasteiger partial charge in [0, 0.05) is 24.2 Å². The first-order chi connectivity index (χ1) is 8.58. The molecule has 0 saturated carbocycles. The van der Waals surface area contributed by atoms with Gasteiger partial charge in [0.1, 0.15) is 0 Å². The minimum Gasteiger partial charge on any atom is -0.352 e. The summed E-state index contributed by atoms with van der Waals surface area (Å²) in [7, 11) is 0. The molecule has 0 aliphatic rings. The molecular weight excluding hydrogens is 270 g/mol. The Kier molecular flexibility index (Phi) is 4.04. The number of carbonyl (C=O) groups is 1. The summed E-state index contributed by atoms with van der Waals surface area (Å²) in [4.78, 5) is 16.6. The average molecular weight is 284 g/mol. The summed E-state index contributed by atoms with van der Waals surface area (Å²) in [6.07, 6.45) is 5.05. The monoisotopic (exact) mass is 283 g/mol. The van der Waals surface area contributed by atoms with Crippen molar-refractivity contribution in [3.05, 3.63) is 28.5 Å². The van der Waals surface area contributed by atoms with Gasteiger partial charge in [-0.3, -0.25) is 9.20 Å². The molecule has 18 heavy (non-hydrogen) atoms. The molecule has 1 N–H and O–H groups in total. The highest BCUT2D eigenvalue weighted by Gasteiger charge is 2.08. The molecule has 2 heterocycles. The molecule has 4 nitrogen and oxygen atoms in total. The molecule has 2 aromatic heterocycles. The van der Waals surface area contributed by atoms with Crippen molar-refractivity contribution >= 4 is 39.9 Å². The van der Waals surface area contributed by atoms with Crippen LogP contribution in [0.1, 0.15) is 19.5 Å². The van der Waals surface area contributed by atoms with E-state index in [-0.39, 0.29) is 5.91 Å². The fourth-order valence-electron chi connectivity index (χ4n) is 1.44. The molecule has 96 valence electrons. The van der Waals surface area contributed by atoms with Crippen molar-refractivity contribution in [2.45, 2.75) is 13.8 Å². The van der Waals surface area contributed by atoms with Crippen LogP contribution in [0.3, 0.4) is 0 Å². The first-order valence-electron chi connectivity index (χ1n) is 5.65. The fourth-order valence-corrected chi connectivity index (χ4v) is 2.45. The molecule has 0 atom stereocenters. The van der Waals surface area contributed by atoms with Gasteiger partial charge in [0.05, 0.1) is 5.69 Å². The molecule has 0 aromatic carbocycles. The molecule has 0 radical (unpaired) electrons. The molecule has 1 amide bonds. The zero-order chi connectivity index (χ0) is 13.1. The van der Waals surface area contributed by atoms with Gasteiger partial charge in [-0.2, -0.15) is 0 Å². The maximum Gasteiger partial charge on any atom is 0.244 e. The topological polar surface area (TPSA) is 46.4 Å². The minimum atomic E-state index is -0.120. The van der Waals surface area contributed by atoms with Gasteiger partial charge in [0.15, 0.2) is 10.1 Å². The van der Waals surface area contributed by atoms with Crippen LogP contribution >= 0.6 is 22.9 Å². The maximum absolute atomic E-state index is 11.6. The van der Waals surface area contributed by atoms with Crippen molar-refractivity contribution in [1.82, 2.24) is 14.7 Å². The van der Waals surface area contributed by atoms with Crippen molar-refractivity contribution in [2.24, 2.45) is 5.92 Å². The molecule has 0 fully saturated rings. The van der Waals surface area contributed by atoms with Gasteiger partial charge < -0.3 is 5.32 Å². The quantitative estimate of drug-likeness (QED) is 0.877. The van der Waals surface area contributed by atoms with Gasteiger partial charge in [-0.05, 0) is 12.0 Å². The number of nitrogens with one attached hydrogen (secondary N) is 1. The van der Waals surface area contributed by atoms with Gasteiger partial charge >= 0.3 is 0 Å². The van der Waals surface area contributed by atoms with Crippen molar-refractivity contribution in [2.75, 3.05) is 6.54 Å². The third-order valence-electron chi connectivity index (χ3n) is 2.33. The largest absolute Gasteiger partial charge is 0.352 e. The number of carbonyl (C=O) groups excluding carboxylic acids is 1. The van der Waals surface area contributed by atoms with E-state index in [9.17, 15) is 4.79 Å². The fraction of sp³-hybridized carbons (Fsp3) is 0.333. The number of amides is 1. The van der Waals surface area contributed by atoms with E-state index < -0.39 is 0 Å². The Morgan fingerprint density at radius 3 is 3.17 bits per heavy atom. The number of imidazole rings is 1. The molecule has 0 aliphatic heterocycles. The molecule has 0 unspecified atom stereocenters. The number of thiazole rings is 1. The molecule has 2 aromatic rings. The number of hydrogen-bond donors (Lipinski definition) is 1. The third kappa shape index (κ3) is 2.91. The van der Waals surface area contributed by atoms with Crippen LogP contribution in [0.5, 0.6) is 0 Å². The lowest BCUT2D eigenvalue weighted by atomic mass is 10.2. The third-order valence-corrected chi connectivity index (χ3v) is 3.37. The van der Waals surface area contributed by atoms with Gasteiger partial charge in [-0.15, -0.1) is 11.3 Å². The smallest absolute Gasteiger partial charge is 0.244 e. The Labute approximate surface area is 114 Å². The van der Waals surface area contributed by atoms with E-state index >= 15 is 0 Å². The van der Waals surface area contributed by atoms with Crippen molar-refractivity contribution in [1.29, 1.82) is 0 Å². The summed E-state index contributed by atoms with van der Waals surface area (Å²) in [6, 6.07) is 0. The van der Waals surface area contributed by atoms with Crippen LogP contribution in [0.4, 0.5) is 0 Å². The van der Waals surface area contributed by atoms with Crippen LogP contribution in [0.2, 0.25) is 5.15 Å². The second-order valence-corrected chi connectivity index (χ2v) is 5.55. The molecule has 6 heteroatoms. The second-order valence-electron chi connectivity index (χ2n) is 4.32. The van der Waals surface area contributed by atoms with Crippen molar-refractivity contribution in [3.8, 4) is 0 Å². The zero-order valence-corrected chi connectivity index (χ0v) is 11.8. The Bertz CT molecular complexity index is 585. The van der Waals surface area contributed by atoms with Crippen molar-refractivity contribution < 1.29 is 4.79 Å². The predicted octanol–water partition coefficient (Wildman–Crippen LogP) is 2.83. The van der Waals surface area contributed by atoms with Gasteiger partial charge in [0.2, 0.25) is 5.91 Å². The van der Waals surface area contributed by atoms with E-state index in [1.54, 1.807) is 6.08 Å². The first-order valence-corrected chi connectivity index (χ1v) is 6.90. The standard InChI is InChI=1S/C12H14ClN3OS/c1-8(2)7-14-10(17)4-3-9-11(13)15-12-16(9)5-6-18-12/h3-6,8H,7H2,1-2H3,(H,14,17). The lowest BCUT2D eigenvalue weighted by Gasteiger charge is -2.04. The molecular formula is C12H14ClN3OS. The second kappa shape index (κ2) is 5.54. The highest BCUT2D eigenvalue weighted by atomic mass is 35.5. The van der Waals surface area contributed by atoms with Crippen LogP contribution in [0, 0.1) is 5.92 Å². The van der Waals surface area contributed by atoms with Gasteiger partial charge in [-0.1, -0.05) is 25.4 Å². The van der Waals surface area contributed by atoms with Gasteiger partial charge in [-0.25, -0.2) is 4.98 Å². The van der Waals surface area contributed by atoms with Crippen LogP contribution in [-0.4, -0.2) is 21.8 Å². The Morgan fingerprint density at radius 1 is 1.67 bits per heavy atom. The summed E-state index contributed by atoms with van der Waals surface area (Å²) in [5, 5.41) is 5.15. The molecule has 0 aliphatic carbocycles. The Balaban J connectivity index is 2.10. The first kappa shape index (κ1) is 13.1. The van der Waals surface area contributed by atoms with E-state index in [0.29, 0.717) is 17.6 Å². The lowest BCUT2D eigenvalue weighted by Crippen LogP contribution is -2.25. The number of halogens is 1. The zero-order valence-electron chi connectivity index (χ0n) is 10.2. The highest BCUT2D eigenvalue weighted by molar-refractivity contribution is 7.15.